The SMILES string of the molecule is O=C(O)Cn1c2c(c3ccccc31)C[C@H](NC(=O)COCc1ccccc1)CC2. The predicted molar refractivity (Wildman–Crippen MR) is 110 cm³/mol. The standard InChI is InChI=1S/C23H24N2O4/c26-22(15-29-14-16-6-2-1-3-7-16)24-17-10-11-21-19(12-17)18-8-4-5-9-20(18)25(21)13-23(27)28/h1-9,17H,10-15H2,(H,24,26)(H,27,28)/t17-/m1/s1. The fraction of sp³-hybridized carbons (Fsp3) is 0.304. The number of nitrogens with one attached hydrogen (secondary N) is 1. The van der Waals surface area contributed by atoms with Crippen LogP contribution in [0, 0.1) is 0 Å². The molecule has 0 aliphatic heterocycles. The first-order chi connectivity index (χ1) is 14.1. The van der Waals surface area contributed by atoms with Gasteiger partial charge >= 0.3 is 5.97 Å². The summed E-state index contributed by atoms with van der Waals surface area (Å²) in [6.45, 7) is 0.394. The lowest BCUT2D eigenvalue weighted by Gasteiger charge is -2.25. The molecular formula is C23H24N2O4. The van der Waals surface area contributed by atoms with E-state index in [2.05, 4.69) is 5.32 Å². The second-order valence-electron chi connectivity index (χ2n) is 7.41. The summed E-state index contributed by atoms with van der Waals surface area (Å²) in [5.41, 5.74) is 4.19. The first kappa shape index (κ1) is 19.2. The van der Waals surface area contributed by atoms with Crippen LogP contribution in [0.2, 0.25) is 0 Å². The van der Waals surface area contributed by atoms with Gasteiger partial charge in [-0.15, -0.1) is 0 Å². The van der Waals surface area contributed by atoms with Crippen molar-refractivity contribution in [2.24, 2.45) is 0 Å². The van der Waals surface area contributed by atoms with Gasteiger partial charge in [-0.2, -0.15) is 0 Å². The first-order valence-corrected chi connectivity index (χ1v) is 9.83. The van der Waals surface area contributed by atoms with Crippen LogP contribution in [0.3, 0.4) is 0 Å². The van der Waals surface area contributed by atoms with Crippen molar-refractivity contribution in [3.05, 3.63) is 71.4 Å². The Hall–Kier alpha value is -3.12. The van der Waals surface area contributed by atoms with E-state index in [4.69, 9.17) is 4.74 Å². The van der Waals surface area contributed by atoms with E-state index in [1.54, 1.807) is 0 Å². The molecular weight excluding hydrogens is 368 g/mol. The van der Waals surface area contributed by atoms with Gasteiger partial charge in [-0.25, -0.2) is 0 Å². The van der Waals surface area contributed by atoms with Crippen LogP contribution in [0.5, 0.6) is 0 Å². The molecule has 2 N–H and O–H groups in total. The fourth-order valence-corrected chi connectivity index (χ4v) is 4.15. The Kier molecular flexibility index (Phi) is 5.62. The Balaban J connectivity index is 1.41. The van der Waals surface area contributed by atoms with E-state index in [0.29, 0.717) is 13.0 Å². The topological polar surface area (TPSA) is 80.6 Å². The van der Waals surface area contributed by atoms with Crippen molar-refractivity contribution in [1.82, 2.24) is 9.88 Å². The van der Waals surface area contributed by atoms with Crippen molar-refractivity contribution in [2.75, 3.05) is 6.61 Å². The smallest absolute Gasteiger partial charge is 0.323 e. The zero-order valence-corrected chi connectivity index (χ0v) is 16.1. The molecule has 0 spiro atoms. The van der Waals surface area contributed by atoms with Crippen molar-refractivity contribution >= 4 is 22.8 Å². The van der Waals surface area contributed by atoms with Crippen LogP contribution in [0.4, 0.5) is 0 Å². The molecule has 0 saturated heterocycles. The summed E-state index contributed by atoms with van der Waals surface area (Å²) in [6, 6.07) is 17.7. The number of rotatable bonds is 7. The Morgan fingerprint density at radius 3 is 2.66 bits per heavy atom. The van der Waals surface area contributed by atoms with Gasteiger partial charge in [0.25, 0.3) is 0 Å². The number of benzene rings is 2. The van der Waals surface area contributed by atoms with E-state index >= 15 is 0 Å². The molecule has 6 heteroatoms. The van der Waals surface area contributed by atoms with Gasteiger partial charge in [0.05, 0.1) is 6.61 Å². The molecule has 1 atom stereocenters. The number of aromatic nitrogens is 1. The minimum absolute atomic E-state index is 0.0268. The molecule has 1 amide bonds. The quantitative estimate of drug-likeness (QED) is 0.648. The lowest BCUT2D eigenvalue weighted by molar-refractivity contribution is -0.137. The lowest BCUT2D eigenvalue weighted by atomic mass is 9.91. The monoisotopic (exact) mass is 392 g/mol. The predicted octanol–water partition coefficient (Wildman–Crippen LogP) is 2.92. The summed E-state index contributed by atoms with van der Waals surface area (Å²) >= 11 is 0. The molecule has 0 unspecified atom stereocenters. The molecule has 1 aliphatic carbocycles. The number of carboxylic acid groups (broad SMARTS) is 1. The van der Waals surface area contributed by atoms with Gasteiger partial charge < -0.3 is 19.7 Å². The molecule has 29 heavy (non-hydrogen) atoms. The molecule has 1 heterocycles. The van der Waals surface area contributed by atoms with Crippen molar-refractivity contribution in [3.8, 4) is 0 Å². The lowest BCUT2D eigenvalue weighted by Crippen LogP contribution is -2.40. The maximum atomic E-state index is 12.3. The zero-order valence-electron chi connectivity index (χ0n) is 16.1. The number of nitrogens with zero attached hydrogens (tertiary/aromatic N) is 1. The average Bonchev–Trinajstić information content (AvgIpc) is 3.02. The number of para-hydroxylation sites is 1. The number of fused-ring (bicyclic) bond motifs is 3. The third-order valence-corrected chi connectivity index (χ3v) is 5.38. The van der Waals surface area contributed by atoms with Gasteiger partial charge in [-0.05, 0) is 36.5 Å². The zero-order chi connectivity index (χ0) is 20.2. The third-order valence-electron chi connectivity index (χ3n) is 5.38. The van der Waals surface area contributed by atoms with Crippen LogP contribution in [-0.4, -0.2) is 34.2 Å². The largest absolute Gasteiger partial charge is 0.480 e. The third kappa shape index (κ3) is 4.32. The van der Waals surface area contributed by atoms with E-state index < -0.39 is 5.97 Å². The van der Waals surface area contributed by atoms with Gasteiger partial charge in [-0.3, -0.25) is 9.59 Å². The molecule has 1 aliphatic rings. The highest BCUT2D eigenvalue weighted by atomic mass is 16.5. The highest BCUT2D eigenvalue weighted by Gasteiger charge is 2.26. The molecule has 0 radical (unpaired) electrons. The van der Waals surface area contributed by atoms with Crippen LogP contribution >= 0.6 is 0 Å². The first-order valence-electron chi connectivity index (χ1n) is 9.83. The highest BCUT2D eigenvalue weighted by Crippen LogP contribution is 2.32. The minimum Gasteiger partial charge on any atom is -0.480 e. The van der Waals surface area contributed by atoms with Crippen LogP contribution in [-0.2, 0) is 40.3 Å². The Morgan fingerprint density at radius 1 is 1.10 bits per heavy atom. The maximum absolute atomic E-state index is 12.3. The number of carbonyl (C=O) groups is 2. The van der Waals surface area contributed by atoms with Crippen molar-refractivity contribution in [3.63, 3.8) is 0 Å². The summed E-state index contributed by atoms with van der Waals surface area (Å²) < 4.78 is 7.43. The number of aliphatic carboxylic acids is 1. The second kappa shape index (κ2) is 8.49. The summed E-state index contributed by atoms with van der Waals surface area (Å²) in [7, 11) is 0. The normalized spacial score (nSPS) is 15.8. The number of hydrogen-bond donors (Lipinski definition) is 2. The number of carboxylic acids is 1. The molecule has 150 valence electrons. The summed E-state index contributed by atoms with van der Waals surface area (Å²) in [6.07, 6.45) is 2.23. The Labute approximate surface area is 169 Å². The Morgan fingerprint density at radius 2 is 1.86 bits per heavy atom. The molecule has 0 bridgehead atoms. The molecule has 0 fully saturated rings. The van der Waals surface area contributed by atoms with Gasteiger partial charge in [-0.1, -0.05) is 48.5 Å². The van der Waals surface area contributed by atoms with E-state index in [9.17, 15) is 14.7 Å². The molecule has 6 nitrogen and oxygen atoms in total. The Bertz CT molecular complexity index is 1030. The van der Waals surface area contributed by atoms with E-state index in [1.165, 1.54) is 0 Å². The van der Waals surface area contributed by atoms with Crippen LogP contribution in [0.1, 0.15) is 23.2 Å². The van der Waals surface area contributed by atoms with Gasteiger partial charge in [0.15, 0.2) is 0 Å². The van der Waals surface area contributed by atoms with E-state index in [-0.39, 0.29) is 25.1 Å². The number of carbonyl (C=O) groups excluding carboxylic acids is 1. The van der Waals surface area contributed by atoms with E-state index in [0.717, 1.165) is 40.6 Å². The van der Waals surface area contributed by atoms with Crippen LogP contribution < -0.4 is 5.32 Å². The van der Waals surface area contributed by atoms with Crippen LogP contribution in [0.15, 0.2) is 54.6 Å². The number of hydrogen-bond acceptors (Lipinski definition) is 3. The van der Waals surface area contributed by atoms with Gasteiger partial charge in [0, 0.05) is 22.6 Å². The molecule has 1 aromatic heterocycles. The fourth-order valence-electron chi connectivity index (χ4n) is 4.15. The van der Waals surface area contributed by atoms with Crippen molar-refractivity contribution < 1.29 is 19.4 Å². The van der Waals surface area contributed by atoms with Gasteiger partial charge in [0.1, 0.15) is 13.2 Å². The summed E-state index contributed by atoms with van der Waals surface area (Å²) in [5.74, 6) is -0.969. The molecule has 0 saturated carbocycles. The maximum Gasteiger partial charge on any atom is 0.323 e. The number of ether oxygens (including phenoxy) is 1. The second-order valence-corrected chi connectivity index (χ2v) is 7.41. The van der Waals surface area contributed by atoms with Crippen molar-refractivity contribution in [2.45, 2.75) is 38.5 Å². The molecule has 4 rings (SSSR count). The highest BCUT2D eigenvalue weighted by molar-refractivity contribution is 5.87. The summed E-state index contributed by atoms with van der Waals surface area (Å²) in [5, 5.41) is 13.4. The number of amides is 1. The molecule has 3 aromatic rings. The minimum atomic E-state index is -0.848. The van der Waals surface area contributed by atoms with Crippen LogP contribution in [0.25, 0.3) is 10.9 Å². The van der Waals surface area contributed by atoms with E-state index in [1.807, 2.05) is 59.2 Å². The summed E-state index contributed by atoms with van der Waals surface area (Å²) in [4.78, 5) is 23.6. The van der Waals surface area contributed by atoms with Gasteiger partial charge in [0.2, 0.25) is 5.91 Å². The average molecular weight is 392 g/mol. The van der Waals surface area contributed by atoms with Crippen molar-refractivity contribution in [1.29, 1.82) is 0 Å². The molecule has 2 aromatic carbocycles.